The van der Waals surface area contributed by atoms with E-state index in [1.807, 2.05) is 6.07 Å². The molecule has 0 fully saturated rings. The molecule has 0 bridgehead atoms. The second-order valence-electron chi connectivity index (χ2n) is 3.20. The highest BCUT2D eigenvalue weighted by molar-refractivity contribution is 5.94. The summed E-state index contributed by atoms with van der Waals surface area (Å²) in [5, 5.41) is 8.92. The Morgan fingerprint density at radius 3 is 2.80 bits per heavy atom. The average Bonchev–Trinajstić information content (AvgIpc) is 2.65. The zero-order valence-corrected chi connectivity index (χ0v) is 7.90. The van der Waals surface area contributed by atoms with E-state index >= 15 is 0 Å². The molecule has 0 amide bonds. The maximum atomic E-state index is 10.9. The fraction of sp³-hybridized carbons (Fsp3) is 0. The third-order valence-corrected chi connectivity index (χ3v) is 2.16. The number of nitrogen functional groups attached to an aromatic ring is 1. The minimum Gasteiger partial charge on any atom is -0.477 e. The number of carbonyl (C=O) groups is 1. The van der Waals surface area contributed by atoms with Crippen molar-refractivity contribution in [2.75, 3.05) is 5.73 Å². The minimum atomic E-state index is -0.975. The number of hydrogen-bond acceptors (Lipinski definition) is 2. The highest BCUT2D eigenvalue weighted by atomic mass is 16.4. The van der Waals surface area contributed by atoms with Gasteiger partial charge in [0, 0.05) is 17.4 Å². The van der Waals surface area contributed by atoms with Gasteiger partial charge in [-0.3, -0.25) is 0 Å². The summed E-state index contributed by atoms with van der Waals surface area (Å²) in [5.41, 5.74) is 7.88. The molecular weight excluding hydrogens is 192 g/mol. The standard InChI is InChI=1S/C11H10N2O2/c12-8-3-1-2-7(6-8)9-4-5-13-10(9)11(14)15/h1-6,13H,12H2,(H,14,15). The van der Waals surface area contributed by atoms with Crippen LogP contribution in [0.25, 0.3) is 11.1 Å². The molecule has 76 valence electrons. The van der Waals surface area contributed by atoms with Gasteiger partial charge in [0.1, 0.15) is 5.69 Å². The summed E-state index contributed by atoms with van der Waals surface area (Å²) in [6.07, 6.45) is 1.60. The van der Waals surface area contributed by atoms with Gasteiger partial charge < -0.3 is 15.8 Å². The Morgan fingerprint density at radius 2 is 2.13 bits per heavy atom. The number of carboxylic acids is 1. The molecule has 0 aliphatic heterocycles. The first kappa shape index (κ1) is 9.33. The number of hydrogen-bond donors (Lipinski definition) is 3. The highest BCUT2D eigenvalue weighted by Crippen LogP contribution is 2.24. The van der Waals surface area contributed by atoms with E-state index in [-0.39, 0.29) is 5.69 Å². The van der Waals surface area contributed by atoms with Crippen LogP contribution in [0.3, 0.4) is 0 Å². The molecule has 1 heterocycles. The predicted molar refractivity (Wildman–Crippen MR) is 57.6 cm³/mol. The molecule has 15 heavy (non-hydrogen) atoms. The average molecular weight is 202 g/mol. The molecule has 0 saturated heterocycles. The topological polar surface area (TPSA) is 79.1 Å². The summed E-state index contributed by atoms with van der Waals surface area (Å²) >= 11 is 0. The van der Waals surface area contributed by atoms with Crippen molar-refractivity contribution in [1.82, 2.24) is 4.98 Å². The van der Waals surface area contributed by atoms with Crippen molar-refractivity contribution in [3.63, 3.8) is 0 Å². The Bertz CT molecular complexity index is 503. The number of nitrogens with one attached hydrogen (secondary N) is 1. The molecule has 0 spiro atoms. The molecule has 2 rings (SSSR count). The second-order valence-corrected chi connectivity index (χ2v) is 3.20. The molecule has 1 aromatic heterocycles. The highest BCUT2D eigenvalue weighted by Gasteiger charge is 2.12. The van der Waals surface area contributed by atoms with Gasteiger partial charge in [0.2, 0.25) is 0 Å². The molecule has 2 aromatic rings. The van der Waals surface area contributed by atoms with Gasteiger partial charge in [-0.15, -0.1) is 0 Å². The van der Waals surface area contributed by atoms with Gasteiger partial charge in [0.15, 0.2) is 0 Å². The molecule has 0 radical (unpaired) electrons. The van der Waals surface area contributed by atoms with Crippen molar-refractivity contribution < 1.29 is 9.90 Å². The van der Waals surface area contributed by atoms with Crippen LogP contribution in [0.1, 0.15) is 10.5 Å². The number of rotatable bonds is 2. The van der Waals surface area contributed by atoms with Crippen LogP contribution in [0.2, 0.25) is 0 Å². The van der Waals surface area contributed by atoms with Crippen LogP contribution in [0.15, 0.2) is 36.5 Å². The number of carboxylic acid groups (broad SMARTS) is 1. The summed E-state index contributed by atoms with van der Waals surface area (Å²) in [6, 6.07) is 8.85. The zero-order valence-electron chi connectivity index (χ0n) is 7.90. The van der Waals surface area contributed by atoms with Crippen LogP contribution in [-0.2, 0) is 0 Å². The summed E-state index contributed by atoms with van der Waals surface area (Å²) in [6.45, 7) is 0. The number of aromatic nitrogens is 1. The normalized spacial score (nSPS) is 10.1. The van der Waals surface area contributed by atoms with E-state index in [0.29, 0.717) is 11.3 Å². The van der Waals surface area contributed by atoms with Gasteiger partial charge in [0.25, 0.3) is 0 Å². The lowest BCUT2D eigenvalue weighted by molar-refractivity contribution is 0.0692. The molecule has 0 unspecified atom stereocenters. The third-order valence-electron chi connectivity index (χ3n) is 2.16. The lowest BCUT2D eigenvalue weighted by Crippen LogP contribution is -1.98. The van der Waals surface area contributed by atoms with Crippen molar-refractivity contribution in [1.29, 1.82) is 0 Å². The van der Waals surface area contributed by atoms with E-state index in [1.165, 1.54) is 0 Å². The van der Waals surface area contributed by atoms with Gasteiger partial charge in [-0.25, -0.2) is 4.79 Å². The van der Waals surface area contributed by atoms with E-state index in [1.54, 1.807) is 30.5 Å². The molecule has 0 aliphatic rings. The molecule has 0 saturated carbocycles. The van der Waals surface area contributed by atoms with Crippen molar-refractivity contribution in [3.8, 4) is 11.1 Å². The van der Waals surface area contributed by atoms with Gasteiger partial charge >= 0.3 is 5.97 Å². The molecule has 4 heteroatoms. The number of aromatic amines is 1. The van der Waals surface area contributed by atoms with Crippen LogP contribution in [0, 0.1) is 0 Å². The second kappa shape index (κ2) is 3.49. The number of benzene rings is 1. The van der Waals surface area contributed by atoms with Gasteiger partial charge in [0.05, 0.1) is 0 Å². The summed E-state index contributed by atoms with van der Waals surface area (Å²) < 4.78 is 0. The maximum Gasteiger partial charge on any atom is 0.352 e. The smallest absolute Gasteiger partial charge is 0.352 e. The van der Waals surface area contributed by atoms with Gasteiger partial charge in [-0.2, -0.15) is 0 Å². The predicted octanol–water partition coefficient (Wildman–Crippen LogP) is 1.96. The van der Waals surface area contributed by atoms with E-state index in [4.69, 9.17) is 10.8 Å². The molecule has 4 N–H and O–H groups in total. The number of anilines is 1. The van der Waals surface area contributed by atoms with E-state index in [0.717, 1.165) is 5.56 Å². The zero-order chi connectivity index (χ0) is 10.8. The van der Waals surface area contributed by atoms with Crippen LogP contribution in [-0.4, -0.2) is 16.1 Å². The summed E-state index contributed by atoms with van der Waals surface area (Å²) in [7, 11) is 0. The Hall–Kier alpha value is -2.23. The first-order valence-electron chi connectivity index (χ1n) is 4.45. The SMILES string of the molecule is Nc1cccc(-c2cc[nH]c2C(=O)O)c1. The van der Waals surface area contributed by atoms with Crippen molar-refractivity contribution in [2.45, 2.75) is 0 Å². The van der Waals surface area contributed by atoms with E-state index < -0.39 is 5.97 Å². The first-order valence-corrected chi connectivity index (χ1v) is 4.45. The van der Waals surface area contributed by atoms with E-state index in [9.17, 15) is 4.79 Å². The van der Waals surface area contributed by atoms with E-state index in [2.05, 4.69) is 4.98 Å². The molecule has 1 aromatic carbocycles. The quantitative estimate of drug-likeness (QED) is 0.651. The maximum absolute atomic E-state index is 10.9. The number of aromatic carboxylic acids is 1. The van der Waals surface area contributed by atoms with Crippen molar-refractivity contribution in [3.05, 3.63) is 42.2 Å². The van der Waals surface area contributed by atoms with Crippen molar-refractivity contribution >= 4 is 11.7 Å². The molecule has 0 aliphatic carbocycles. The number of H-pyrrole nitrogens is 1. The minimum absolute atomic E-state index is 0.181. The third kappa shape index (κ3) is 1.69. The Labute approximate surface area is 86.4 Å². The molecule has 4 nitrogen and oxygen atoms in total. The Morgan fingerprint density at radius 1 is 1.33 bits per heavy atom. The fourth-order valence-electron chi connectivity index (χ4n) is 1.49. The number of nitrogens with two attached hydrogens (primary N) is 1. The molecule has 0 atom stereocenters. The van der Waals surface area contributed by atoms with Crippen LogP contribution >= 0.6 is 0 Å². The fourth-order valence-corrected chi connectivity index (χ4v) is 1.49. The lowest BCUT2D eigenvalue weighted by Gasteiger charge is -2.01. The Kier molecular flexibility index (Phi) is 2.17. The van der Waals surface area contributed by atoms with Crippen LogP contribution in [0.5, 0.6) is 0 Å². The van der Waals surface area contributed by atoms with Crippen molar-refractivity contribution in [2.24, 2.45) is 0 Å². The van der Waals surface area contributed by atoms with Gasteiger partial charge in [-0.1, -0.05) is 12.1 Å². The van der Waals surface area contributed by atoms with Gasteiger partial charge in [-0.05, 0) is 23.8 Å². The summed E-state index contributed by atoms with van der Waals surface area (Å²) in [4.78, 5) is 13.6. The monoisotopic (exact) mass is 202 g/mol. The molecular formula is C11H10N2O2. The lowest BCUT2D eigenvalue weighted by atomic mass is 10.1. The van der Waals surface area contributed by atoms with Crippen LogP contribution < -0.4 is 5.73 Å². The largest absolute Gasteiger partial charge is 0.477 e. The Balaban J connectivity index is 2.54. The van der Waals surface area contributed by atoms with Crippen LogP contribution in [0.4, 0.5) is 5.69 Å². The first-order chi connectivity index (χ1) is 7.18. The summed E-state index contributed by atoms with van der Waals surface area (Å²) in [5.74, 6) is -0.975.